The summed E-state index contributed by atoms with van der Waals surface area (Å²) < 4.78 is 26.6. The minimum absolute atomic E-state index is 0.0240. The van der Waals surface area contributed by atoms with E-state index in [2.05, 4.69) is 4.99 Å². The number of amides is 1. The first-order chi connectivity index (χ1) is 10.0. The number of hydrogen-bond donors (Lipinski definition) is 0. The van der Waals surface area contributed by atoms with Gasteiger partial charge in [-0.1, -0.05) is 31.5 Å². The third-order valence-electron chi connectivity index (χ3n) is 4.10. The van der Waals surface area contributed by atoms with Gasteiger partial charge >= 0.3 is 0 Å². The number of benzene rings is 1. The van der Waals surface area contributed by atoms with E-state index in [1.54, 1.807) is 26.0 Å². The smallest absolute Gasteiger partial charge is 0.271 e. The Morgan fingerprint density at radius 2 is 1.86 bits per heavy atom. The maximum Gasteiger partial charge on any atom is 0.272 e. The number of hydrogen-bond acceptors (Lipinski definition) is 4. The van der Waals surface area contributed by atoms with Gasteiger partial charge in [0.1, 0.15) is 11.4 Å². The van der Waals surface area contributed by atoms with Crippen LogP contribution in [0.2, 0.25) is 5.02 Å². The fourth-order valence-corrected chi connectivity index (χ4v) is 4.37. The zero-order valence-corrected chi connectivity index (χ0v) is 14.8. The average molecular weight is 343 g/mol. The Morgan fingerprint density at radius 3 is 2.36 bits per heavy atom. The molecule has 22 heavy (non-hydrogen) atoms. The molecule has 0 aromatic heterocycles. The molecule has 0 saturated carbocycles. The molecule has 0 fully saturated rings. The fourth-order valence-electron chi connectivity index (χ4n) is 2.39. The third-order valence-corrected chi connectivity index (χ3v) is 6.24. The standard InChI is InChI=1S/C15H19ClN2O3S/c1-9(2)15(5)14(19)18(11(4)17-15)22(20,21)13-8-12(16)7-6-10(13)3/h6-9H,1-5H3. The van der Waals surface area contributed by atoms with E-state index < -0.39 is 21.5 Å². The number of halogens is 1. The predicted octanol–water partition coefficient (Wildman–Crippen LogP) is 3.01. The Kier molecular flexibility index (Phi) is 4.13. The largest absolute Gasteiger partial charge is 0.272 e. The van der Waals surface area contributed by atoms with Gasteiger partial charge in [0.2, 0.25) is 0 Å². The Hall–Kier alpha value is -1.40. The molecule has 0 saturated heterocycles. The minimum Gasteiger partial charge on any atom is -0.271 e. The summed E-state index contributed by atoms with van der Waals surface area (Å²) in [6, 6.07) is 4.59. The first-order valence-electron chi connectivity index (χ1n) is 6.94. The van der Waals surface area contributed by atoms with Crippen LogP contribution in [0, 0.1) is 12.8 Å². The van der Waals surface area contributed by atoms with Crippen molar-refractivity contribution in [2.24, 2.45) is 10.9 Å². The Bertz CT molecular complexity index is 771. The average Bonchev–Trinajstić information content (AvgIpc) is 2.64. The molecular weight excluding hydrogens is 324 g/mol. The summed E-state index contributed by atoms with van der Waals surface area (Å²) in [6.45, 7) is 8.54. The zero-order chi connectivity index (χ0) is 16.9. The van der Waals surface area contributed by atoms with Crippen molar-refractivity contribution >= 4 is 33.4 Å². The van der Waals surface area contributed by atoms with Crippen LogP contribution in [0.15, 0.2) is 28.1 Å². The SMILES string of the molecule is CC1=NC(C)(C(C)C)C(=O)N1S(=O)(=O)c1cc(Cl)ccc1C. The number of sulfonamides is 1. The van der Waals surface area contributed by atoms with Gasteiger partial charge in [-0.15, -0.1) is 0 Å². The van der Waals surface area contributed by atoms with Crippen LogP contribution in [-0.2, 0) is 14.8 Å². The zero-order valence-electron chi connectivity index (χ0n) is 13.2. The number of carbonyl (C=O) groups is 1. The highest BCUT2D eigenvalue weighted by Gasteiger charge is 2.50. The summed E-state index contributed by atoms with van der Waals surface area (Å²) >= 11 is 5.91. The van der Waals surface area contributed by atoms with E-state index in [1.807, 2.05) is 13.8 Å². The minimum atomic E-state index is -4.03. The number of rotatable bonds is 3. The summed E-state index contributed by atoms with van der Waals surface area (Å²) in [6.07, 6.45) is 0. The van der Waals surface area contributed by atoms with Gasteiger partial charge < -0.3 is 0 Å². The van der Waals surface area contributed by atoms with E-state index in [9.17, 15) is 13.2 Å². The number of aryl methyl sites for hydroxylation is 1. The summed E-state index contributed by atoms with van der Waals surface area (Å²) in [7, 11) is -4.03. The predicted molar refractivity (Wildman–Crippen MR) is 86.6 cm³/mol. The van der Waals surface area contributed by atoms with Crippen molar-refractivity contribution in [3.8, 4) is 0 Å². The number of carbonyl (C=O) groups excluding carboxylic acids is 1. The molecule has 0 aliphatic carbocycles. The Balaban J connectivity index is 2.59. The molecule has 0 radical (unpaired) electrons. The lowest BCUT2D eigenvalue weighted by molar-refractivity contribution is -0.128. The maximum absolute atomic E-state index is 12.9. The molecule has 1 aromatic rings. The van der Waals surface area contributed by atoms with E-state index in [0.29, 0.717) is 10.6 Å². The molecule has 1 aliphatic rings. The van der Waals surface area contributed by atoms with E-state index in [1.165, 1.54) is 13.0 Å². The lowest BCUT2D eigenvalue weighted by atomic mass is 9.89. The number of nitrogens with zero attached hydrogens (tertiary/aromatic N) is 2. The highest BCUT2D eigenvalue weighted by molar-refractivity contribution is 7.90. The second kappa shape index (κ2) is 5.35. The highest BCUT2D eigenvalue weighted by Crippen LogP contribution is 2.34. The van der Waals surface area contributed by atoms with Crippen LogP contribution in [0.1, 0.15) is 33.3 Å². The van der Waals surface area contributed by atoms with Crippen molar-refractivity contribution in [2.45, 2.75) is 45.1 Å². The molecule has 120 valence electrons. The van der Waals surface area contributed by atoms with E-state index >= 15 is 0 Å². The molecule has 0 N–H and O–H groups in total. The Morgan fingerprint density at radius 1 is 1.27 bits per heavy atom. The van der Waals surface area contributed by atoms with E-state index in [4.69, 9.17) is 11.6 Å². The topological polar surface area (TPSA) is 66.8 Å². The Labute approximate surface area is 136 Å². The number of aliphatic imine (C=N–C) groups is 1. The van der Waals surface area contributed by atoms with E-state index in [-0.39, 0.29) is 16.6 Å². The molecule has 1 unspecified atom stereocenters. The van der Waals surface area contributed by atoms with E-state index in [0.717, 1.165) is 4.31 Å². The monoisotopic (exact) mass is 342 g/mol. The molecule has 1 atom stereocenters. The highest BCUT2D eigenvalue weighted by atomic mass is 35.5. The molecule has 0 bridgehead atoms. The van der Waals surface area contributed by atoms with Crippen molar-refractivity contribution < 1.29 is 13.2 Å². The summed E-state index contributed by atoms with van der Waals surface area (Å²) in [4.78, 5) is 17.0. The lowest BCUT2D eigenvalue weighted by Gasteiger charge is -2.25. The fraction of sp³-hybridized carbons (Fsp3) is 0.467. The molecule has 1 heterocycles. The van der Waals surface area contributed by atoms with Crippen LogP contribution in [0.5, 0.6) is 0 Å². The second-order valence-corrected chi connectivity index (χ2v) is 8.14. The quantitative estimate of drug-likeness (QED) is 0.848. The maximum atomic E-state index is 12.9. The van der Waals surface area contributed by atoms with Crippen molar-refractivity contribution in [1.29, 1.82) is 0 Å². The van der Waals surface area contributed by atoms with Gasteiger partial charge in [0, 0.05) is 5.02 Å². The van der Waals surface area contributed by atoms with Gasteiger partial charge in [-0.05, 0) is 44.4 Å². The van der Waals surface area contributed by atoms with Crippen LogP contribution >= 0.6 is 11.6 Å². The van der Waals surface area contributed by atoms with Gasteiger partial charge in [-0.3, -0.25) is 9.79 Å². The molecule has 0 spiro atoms. The third kappa shape index (κ3) is 2.44. The molecular formula is C15H19ClN2O3S. The van der Waals surface area contributed by atoms with Gasteiger partial charge in [-0.25, -0.2) is 8.42 Å². The first-order valence-corrected chi connectivity index (χ1v) is 8.76. The normalized spacial score (nSPS) is 22.4. The van der Waals surface area contributed by atoms with Gasteiger partial charge in [0.15, 0.2) is 0 Å². The molecule has 5 nitrogen and oxygen atoms in total. The molecule has 1 aliphatic heterocycles. The van der Waals surface area contributed by atoms with Crippen molar-refractivity contribution in [3.05, 3.63) is 28.8 Å². The van der Waals surface area contributed by atoms with Crippen LogP contribution in [0.3, 0.4) is 0 Å². The summed E-state index contributed by atoms with van der Waals surface area (Å²) in [5.41, 5.74) is -0.535. The summed E-state index contributed by atoms with van der Waals surface area (Å²) in [5.74, 6) is -0.462. The molecule has 1 aromatic carbocycles. The second-order valence-electron chi connectivity index (χ2n) is 5.95. The van der Waals surface area contributed by atoms with Crippen LogP contribution in [-0.4, -0.2) is 30.0 Å². The van der Waals surface area contributed by atoms with Crippen LogP contribution in [0.25, 0.3) is 0 Å². The number of amidine groups is 1. The molecule has 2 rings (SSSR count). The van der Waals surface area contributed by atoms with Gasteiger partial charge in [0.05, 0.1) is 4.90 Å². The molecule has 1 amide bonds. The van der Waals surface area contributed by atoms with Crippen LogP contribution in [0.4, 0.5) is 0 Å². The molecule has 7 heteroatoms. The van der Waals surface area contributed by atoms with Gasteiger partial charge in [-0.2, -0.15) is 4.31 Å². The van der Waals surface area contributed by atoms with Crippen molar-refractivity contribution in [1.82, 2.24) is 4.31 Å². The van der Waals surface area contributed by atoms with Gasteiger partial charge in [0.25, 0.3) is 15.9 Å². The van der Waals surface area contributed by atoms with Crippen molar-refractivity contribution in [3.63, 3.8) is 0 Å². The van der Waals surface area contributed by atoms with Crippen molar-refractivity contribution in [2.75, 3.05) is 0 Å². The van der Waals surface area contributed by atoms with Crippen LogP contribution < -0.4 is 0 Å². The first kappa shape index (κ1) is 17.0. The lowest BCUT2D eigenvalue weighted by Crippen LogP contribution is -2.46. The summed E-state index contributed by atoms with van der Waals surface area (Å²) in [5, 5.41) is 0.303.